The van der Waals surface area contributed by atoms with Crippen molar-refractivity contribution in [1.82, 2.24) is 9.55 Å². The van der Waals surface area contributed by atoms with E-state index in [-0.39, 0.29) is 0 Å². The number of hydrogen-bond donors (Lipinski definition) is 1. The molecule has 1 unspecified atom stereocenters. The molecule has 0 spiro atoms. The predicted molar refractivity (Wildman–Crippen MR) is 80.2 cm³/mol. The van der Waals surface area contributed by atoms with E-state index in [0.717, 1.165) is 5.52 Å². The van der Waals surface area contributed by atoms with Crippen molar-refractivity contribution in [3.05, 3.63) is 23.8 Å². The van der Waals surface area contributed by atoms with Crippen LogP contribution in [0.1, 0.15) is 51.1 Å². The minimum Gasteiger partial charge on any atom is -0.369 e. The van der Waals surface area contributed by atoms with E-state index in [0.29, 0.717) is 17.4 Å². The summed E-state index contributed by atoms with van der Waals surface area (Å²) in [6, 6.07) is 6.88. The average Bonchev–Trinajstić information content (AvgIpc) is 2.63. The lowest BCUT2D eigenvalue weighted by Gasteiger charge is -2.36. The van der Waals surface area contributed by atoms with Crippen LogP contribution in [0, 0.1) is 12.3 Å². The molecule has 3 rings (SSSR count). The van der Waals surface area contributed by atoms with E-state index in [4.69, 9.17) is 5.73 Å². The lowest BCUT2D eigenvalue weighted by Crippen LogP contribution is -2.25. The summed E-state index contributed by atoms with van der Waals surface area (Å²) in [6.45, 7) is 6.84. The first-order valence-corrected chi connectivity index (χ1v) is 7.20. The van der Waals surface area contributed by atoms with Crippen LogP contribution in [0.2, 0.25) is 0 Å². The van der Waals surface area contributed by atoms with Gasteiger partial charge >= 0.3 is 0 Å². The van der Waals surface area contributed by atoms with E-state index in [1.54, 1.807) is 0 Å². The Morgan fingerprint density at radius 2 is 2.16 bits per heavy atom. The molecular weight excluding hydrogens is 234 g/mol. The topological polar surface area (TPSA) is 43.8 Å². The van der Waals surface area contributed by atoms with Crippen molar-refractivity contribution in [2.45, 2.75) is 52.5 Å². The number of nitrogens with two attached hydrogens (primary N) is 1. The number of imidazole rings is 1. The van der Waals surface area contributed by atoms with Crippen LogP contribution in [0.4, 0.5) is 5.95 Å². The fourth-order valence-electron chi connectivity index (χ4n) is 3.48. The maximum Gasteiger partial charge on any atom is 0.201 e. The number of rotatable bonds is 1. The predicted octanol–water partition coefficient (Wildman–Crippen LogP) is 4.07. The number of nitrogens with zero attached hydrogens (tertiary/aromatic N) is 2. The molecule has 0 amide bonds. The standard InChI is InChI=1S/C16H23N3/c1-11-6-7-13-14(9-11)19(15(17)18-13)12-5-4-8-16(2,3)10-12/h6-7,9,12H,4-5,8,10H2,1-3H3,(H2,17,18). The van der Waals surface area contributed by atoms with Gasteiger partial charge in [-0.25, -0.2) is 4.98 Å². The molecule has 19 heavy (non-hydrogen) atoms. The van der Waals surface area contributed by atoms with Crippen LogP contribution < -0.4 is 5.73 Å². The summed E-state index contributed by atoms with van der Waals surface area (Å²) >= 11 is 0. The van der Waals surface area contributed by atoms with Crippen molar-refractivity contribution >= 4 is 17.0 Å². The van der Waals surface area contributed by atoms with E-state index in [9.17, 15) is 0 Å². The highest BCUT2D eigenvalue weighted by molar-refractivity contribution is 5.79. The number of nitrogen functional groups attached to an aromatic ring is 1. The van der Waals surface area contributed by atoms with Crippen LogP contribution in [0.5, 0.6) is 0 Å². The lowest BCUT2D eigenvalue weighted by atomic mass is 9.75. The van der Waals surface area contributed by atoms with Gasteiger partial charge in [0.1, 0.15) is 0 Å². The van der Waals surface area contributed by atoms with Gasteiger partial charge in [-0.15, -0.1) is 0 Å². The maximum absolute atomic E-state index is 6.17. The monoisotopic (exact) mass is 257 g/mol. The van der Waals surface area contributed by atoms with Gasteiger partial charge in [-0.3, -0.25) is 0 Å². The molecule has 102 valence electrons. The Kier molecular flexibility index (Phi) is 2.80. The Balaban J connectivity index is 2.08. The van der Waals surface area contributed by atoms with Gasteiger partial charge in [-0.2, -0.15) is 0 Å². The molecule has 2 aromatic rings. The molecule has 1 aromatic heterocycles. The van der Waals surface area contributed by atoms with E-state index >= 15 is 0 Å². The SMILES string of the molecule is Cc1ccc2nc(N)n(C3CCCC(C)(C)C3)c2c1. The third kappa shape index (κ3) is 2.22. The summed E-state index contributed by atoms with van der Waals surface area (Å²) in [5.74, 6) is 0.670. The second-order valence-corrected chi connectivity index (χ2v) is 6.75. The van der Waals surface area contributed by atoms with Gasteiger partial charge < -0.3 is 10.3 Å². The third-order valence-electron chi connectivity index (χ3n) is 4.42. The van der Waals surface area contributed by atoms with E-state index < -0.39 is 0 Å². The summed E-state index contributed by atoms with van der Waals surface area (Å²) < 4.78 is 2.27. The molecule has 1 saturated carbocycles. The van der Waals surface area contributed by atoms with Gasteiger partial charge in [-0.05, 0) is 49.3 Å². The Morgan fingerprint density at radius 3 is 2.89 bits per heavy atom. The lowest BCUT2D eigenvalue weighted by molar-refractivity contribution is 0.187. The van der Waals surface area contributed by atoms with E-state index in [1.165, 1.54) is 36.8 Å². The van der Waals surface area contributed by atoms with Gasteiger partial charge in [0.05, 0.1) is 11.0 Å². The molecule has 1 aliphatic carbocycles. The normalized spacial score (nSPS) is 22.8. The molecule has 3 heteroatoms. The number of aromatic nitrogens is 2. The number of anilines is 1. The van der Waals surface area contributed by atoms with Crippen molar-refractivity contribution < 1.29 is 0 Å². The third-order valence-corrected chi connectivity index (χ3v) is 4.42. The Morgan fingerprint density at radius 1 is 1.37 bits per heavy atom. The molecule has 3 nitrogen and oxygen atoms in total. The number of fused-ring (bicyclic) bond motifs is 1. The molecule has 0 aliphatic heterocycles. The Hall–Kier alpha value is -1.51. The average molecular weight is 257 g/mol. The van der Waals surface area contributed by atoms with Crippen molar-refractivity contribution in [3.63, 3.8) is 0 Å². The van der Waals surface area contributed by atoms with Crippen LogP contribution in [0.25, 0.3) is 11.0 Å². The first kappa shape index (κ1) is 12.5. The minimum absolute atomic E-state index is 0.412. The second kappa shape index (κ2) is 4.26. The molecule has 2 N–H and O–H groups in total. The zero-order valence-corrected chi connectivity index (χ0v) is 12.1. The fourth-order valence-corrected chi connectivity index (χ4v) is 3.48. The minimum atomic E-state index is 0.412. The van der Waals surface area contributed by atoms with E-state index in [1.807, 2.05) is 0 Å². The number of benzene rings is 1. The fraction of sp³-hybridized carbons (Fsp3) is 0.562. The molecule has 1 aliphatic rings. The molecule has 1 atom stereocenters. The molecule has 1 heterocycles. The van der Waals surface area contributed by atoms with Gasteiger partial charge in [0.2, 0.25) is 5.95 Å². The quantitative estimate of drug-likeness (QED) is 0.837. The summed E-state index contributed by atoms with van der Waals surface area (Å²) in [6.07, 6.45) is 5.00. The molecule has 0 saturated heterocycles. The molecule has 0 radical (unpaired) electrons. The Bertz CT molecular complexity index is 610. The highest BCUT2D eigenvalue weighted by Gasteiger charge is 2.30. The van der Waals surface area contributed by atoms with Gasteiger partial charge in [0, 0.05) is 6.04 Å². The summed E-state index contributed by atoms with van der Waals surface area (Å²) in [5.41, 5.74) is 10.1. The van der Waals surface area contributed by atoms with Crippen LogP contribution in [-0.2, 0) is 0 Å². The van der Waals surface area contributed by atoms with Crippen LogP contribution in [0.3, 0.4) is 0 Å². The van der Waals surface area contributed by atoms with Crippen molar-refractivity contribution in [2.75, 3.05) is 5.73 Å². The zero-order valence-electron chi connectivity index (χ0n) is 12.1. The summed E-state index contributed by atoms with van der Waals surface area (Å²) in [4.78, 5) is 4.52. The van der Waals surface area contributed by atoms with E-state index in [2.05, 4.69) is 48.5 Å². The van der Waals surface area contributed by atoms with Crippen molar-refractivity contribution in [1.29, 1.82) is 0 Å². The van der Waals surface area contributed by atoms with Crippen molar-refractivity contribution in [3.8, 4) is 0 Å². The number of hydrogen-bond acceptors (Lipinski definition) is 2. The number of aryl methyl sites for hydroxylation is 1. The molecule has 1 fully saturated rings. The molecular formula is C16H23N3. The largest absolute Gasteiger partial charge is 0.369 e. The first-order chi connectivity index (χ1) is 8.96. The highest BCUT2D eigenvalue weighted by Crippen LogP contribution is 2.42. The molecule has 0 bridgehead atoms. The van der Waals surface area contributed by atoms with Crippen LogP contribution >= 0.6 is 0 Å². The molecule has 1 aromatic carbocycles. The van der Waals surface area contributed by atoms with Gasteiger partial charge in [0.15, 0.2) is 0 Å². The zero-order chi connectivity index (χ0) is 13.6. The van der Waals surface area contributed by atoms with Crippen LogP contribution in [0.15, 0.2) is 18.2 Å². The van der Waals surface area contributed by atoms with Gasteiger partial charge in [-0.1, -0.05) is 26.3 Å². The summed E-state index contributed by atoms with van der Waals surface area (Å²) in [5, 5.41) is 0. The highest BCUT2D eigenvalue weighted by atomic mass is 15.2. The second-order valence-electron chi connectivity index (χ2n) is 6.75. The summed E-state index contributed by atoms with van der Waals surface area (Å²) in [7, 11) is 0. The Labute approximate surface area is 114 Å². The van der Waals surface area contributed by atoms with Crippen molar-refractivity contribution in [2.24, 2.45) is 5.41 Å². The smallest absolute Gasteiger partial charge is 0.201 e. The van der Waals surface area contributed by atoms with Gasteiger partial charge in [0.25, 0.3) is 0 Å². The first-order valence-electron chi connectivity index (χ1n) is 7.20. The maximum atomic E-state index is 6.17. The van der Waals surface area contributed by atoms with Crippen LogP contribution in [-0.4, -0.2) is 9.55 Å².